The van der Waals surface area contributed by atoms with Gasteiger partial charge in [-0.2, -0.15) is 10.2 Å². The number of hydrogen-bond acceptors (Lipinski definition) is 6. The third-order valence-corrected chi connectivity index (χ3v) is 4.57. The molecule has 2 rings (SSSR count). The SMILES string of the molecule is C/C(=N\NC(=O)C(=O)N/N=C(\C)c1cccs1)c1cccs1. The summed E-state index contributed by atoms with van der Waals surface area (Å²) in [6, 6.07) is 7.53. The lowest BCUT2D eigenvalue weighted by Gasteiger charge is -2.01. The van der Waals surface area contributed by atoms with Crippen LogP contribution >= 0.6 is 22.7 Å². The fourth-order valence-electron chi connectivity index (χ4n) is 1.45. The van der Waals surface area contributed by atoms with Crippen LogP contribution in [0, 0.1) is 0 Å². The third-order valence-electron chi connectivity index (χ3n) is 2.61. The predicted octanol–water partition coefficient (Wildman–Crippen LogP) is 2.19. The minimum absolute atomic E-state index is 0.634. The zero-order valence-corrected chi connectivity index (χ0v) is 13.6. The zero-order valence-electron chi connectivity index (χ0n) is 12.0. The van der Waals surface area contributed by atoms with Crippen molar-refractivity contribution >= 4 is 45.9 Å². The van der Waals surface area contributed by atoms with Crippen molar-refractivity contribution in [2.24, 2.45) is 10.2 Å². The number of hydrazone groups is 2. The number of carbonyl (C=O) groups is 2. The van der Waals surface area contributed by atoms with Crippen molar-refractivity contribution in [1.82, 2.24) is 10.9 Å². The Morgan fingerprint density at radius 3 is 1.59 bits per heavy atom. The lowest BCUT2D eigenvalue weighted by atomic mass is 10.3. The Hall–Kier alpha value is -2.32. The van der Waals surface area contributed by atoms with E-state index in [1.807, 2.05) is 35.0 Å². The van der Waals surface area contributed by atoms with E-state index in [0.29, 0.717) is 11.4 Å². The van der Waals surface area contributed by atoms with Crippen molar-refractivity contribution in [1.29, 1.82) is 0 Å². The molecule has 2 amide bonds. The average molecular weight is 334 g/mol. The first-order valence-corrected chi connectivity index (χ1v) is 8.10. The van der Waals surface area contributed by atoms with Crippen LogP contribution in [0.5, 0.6) is 0 Å². The first kappa shape index (κ1) is 16.1. The summed E-state index contributed by atoms with van der Waals surface area (Å²) < 4.78 is 0. The van der Waals surface area contributed by atoms with Crippen LogP contribution in [0.15, 0.2) is 45.2 Å². The van der Waals surface area contributed by atoms with Crippen LogP contribution in [-0.4, -0.2) is 23.2 Å². The van der Waals surface area contributed by atoms with E-state index in [4.69, 9.17) is 0 Å². The zero-order chi connectivity index (χ0) is 15.9. The van der Waals surface area contributed by atoms with Crippen LogP contribution in [0.25, 0.3) is 0 Å². The lowest BCUT2D eigenvalue weighted by molar-refractivity contribution is -0.139. The molecule has 0 fully saturated rings. The smallest absolute Gasteiger partial charge is 0.262 e. The summed E-state index contributed by atoms with van der Waals surface area (Å²) in [5.74, 6) is -1.72. The summed E-state index contributed by atoms with van der Waals surface area (Å²) in [4.78, 5) is 25.1. The van der Waals surface area contributed by atoms with Gasteiger partial charge in [-0.05, 0) is 36.7 Å². The number of amides is 2. The van der Waals surface area contributed by atoms with Crippen LogP contribution < -0.4 is 10.9 Å². The molecular weight excluding hydrogens is 320 g/mol. The van der Waals surface area contributed by atoms with E-state index in [-0.39, 0.29) is 0 Å². The molecule has 2 heterocycles. The van der Waals surface area contributed by atoms with Gasteiger partial charge in [-0.3, -0.25) is 9.59 Å². The minimum Gasteiger partial charge on any atom is -0.262 e. The molecular formula is C14H14N4O2S2. The quantitative estimate of drug-likeness (QED) is 0.510. The van der Waals surface area contributed by atoms with E-state index in [1.54, 1.807) is 13.8 Å². The second-order valence-electron chi connectivity index (χ2n) is 4.23. The number of carbonyl (C=O) groups excluding carboxylic acids is 2. The summed E-state index contributed by atoms with van der Waals surface area (Å²) in [6.07, 6.45) is 0. The molecule has 22 heavy (non-hydrogen) atoms. The topological polar surface area (TPSA) is 82.9 Å². The van der Waals surface area contributed by atoms with Gasteiger partial charge in [-0.25, -0.2) is 10.9 Å². The third kappa shape index (κ3) is 4.34. The van der Waals surface area contributed by atoms with Crippen LogP contribution in [0.2, 0.25) is 0 Å². The Morgan fingerprint density at radius 2 is 1.27 bits per heavy atom. The van der Waals surface area contributed by atoms with Crippen molar-refractivity contribution in [3.63, 3.8) is 0 Å². The van der Waals surface area contributed by atoms with Gasteiger partial charge in [0.1, 0.15) is 0 Å². The first-order valence-electron chi connectivity index (χ1n) is 6.34. The number of hydrogen-bond donors (Lipinski definition) is 2. The van der Waals surface area contributed by atoms with Gasteiger partial charge in [0, 0.05) is 9.75 Å². The van der Waals surface area contributed by atoms with Gasteiger partial charge < -0.3 is 0 Å². The second-order valence-corrected chi connectivity index (χ2v) is 6.13. The lowest BCUT2D eigenvalue weighted by Crippen LogP contribution is -2.36. The van der Waals surface area contributed by atoms with Crippen LogP contribution in [0.4, 0.5) is 0 Å². The van der Waals surface area contributed by atoms with Gasteiger partial charge in [0.25, 0.3) is 0 Å². The van der Waals surface area contributed by atoms with E-state index < -0.39 is 11.8 Å². The maximum absolute atomic E-state index is 11.6. The van der Waals surface area contributed by atoms with E-state index >= 15 is 0 Å². The van der Waals surface area contributed by atoms with Crippen molar-refractivity contribution < 1.29 is 9.59 Å². The molecule has 0 aliphatic carbocycles. The van der Waals surface area contributed by atoms with Gasteiger partial charge in [-0.1, -0.05) is 12.1 Å². The molecule has 0 aliphatic rings. The average Bonchev–Trinajstić information content (AvgIpc) is 3.22. The van der Waals surface area contributed by atoms with Crippen molar-refractivity contribution in [3.8, 4) is 0 Å². The van der Waals surface area contributed by atoms with Gasteiger partial charge >= 0.3 is 11.8 Å². The normalized spacial score (nSPS) is 12.1. The van der Waals surface area contributed by atoms with Crippen molar-refractivity contribution in [2.45, 2.75) is 13.8 Å². The summed E-state index contributed by atoms with van der Waals surface area (Å²) in [7, 11) is 0. The molecule has 2 aromatic heterocycles. The highest BCUT2D eigenvalue weighted by molar-refractivity contribution is 7.12. The van der Waals surface area contributed by atoms with Crippen LogP contribution in [-0.2, 0) is 9.59 Å². The highest BCUT2D eigenvalue weighted by atomic mass is 32.1. The van der Waals surface area contributed by atoms with E-state index in [9.17, 15) is 9.59 Å². The molecule has 0 spiro atoms. The number of nitrogens with zero attached hydrogens (tertiary/aromatic N) is 2. The molecule has 0 atom stereocenters. The van der Waals surface area contributed by atoms with E-state index in [0.717, 1.165) is 9.75 Å². The monoisotopic (exact) mass is 334 g/mol. The van der Waals surface area contributed by atoms with Crippen molar-refractivity contribution in [3.05, 3.63) is 44.8 Å². The molecule has 0 saturated heterocycles. The standard InChI is InChI=1S/C14H14N4O2S2/c1-9(11-5-3-7-21-11)15-17-13(19)14(20)18-16-10(2)12-6-4-8-22-12/h3-8H,1-2H3,(H,17,19)(H,18,20)/b15-9+,16-10+. The summed E-state index contributed by atoms with van der Waals surface area (Å²) in [5, 5.41) is 11.6. The summed E-state index contributed by atoms with van der Waals surface area (Å²) in [6.45, 7) is 3.51. The van der Waals surface area contributed by atoms with Gasteiger partial charge in [0.15, 0.2) is 0 Å². The molecule has 2 aromatic rings. The first-order chi connectivity index (χ1) is 10.6. The Balaban J connectivity index is 1.89. The Labute approximate surface area is 135 Å². The Kier molecular flexibility index (Phi) is 5.56. The Morgan fingerprint density at radius 1 is 0.864 bits per heavy atom. The molecule has 6 nitrogen and oxygen atoms in total. The van der Waals surface area contributed by atoms with Gasteiger partial charge in [0.05, 0.1) is 11.4 Å². The maximum atomic E-state index is 11.6. The fraction of sp³-hybridized carbons (Fsp3) is 0.143. The summed E-state index contributed by atoms with van der Waals surface area (Å²) in [5.41, 5.74) is 5.68. The summed E-state index contributed by atoms with van der Waals surface area (Å²) >= 11 is 3.00. The predicted molar refractivity (Wildman–Crippen MR) is 89.3 cm³/mol. The molecule has 0 saturated carbocycles. The number of thiophene rings is 2. The largest absolute Gasteiger partial charge is 0.331 e. The number of rotatable bonds is 4. The molecule has 2 N–H and O–H groups in total. The molecule has 0 aliphatic heterocycles. The van der Waals surface area contributed by atoms with E-state index in [2.05, 4.69) is 21.1 Å². The van der Waals surface area contributed by atoms with Crippen molar-refractivity contribution in [2.75, 3.05) is 0 Å². The highest BCUT2D eigenvalue weighted by Crippen LogP contribution is 2.09. The van der Waals surface area contributed by atoms with E-state index in [1.165, 1.54) is 22.7 Å². The number of nitrogens with one attached hydrogen (secondary N) is 2. The molecule has 0 aromatic carbocycles. The second kappa shape index (κ2) is 7.62. The fourth-order valence-corrected chi connectivity index (χ4v) is 2.80. The van der Waals surface area contributed by atoms with Crippen LogP contribution in [0.3, 0.4) is 0 Å². The molecule has 114 valence electrons. The minimum atomic E-state index is -0.862. The molecule has 0 radical (unpaired) electrons. The molecule has 0 unspecified atom stereocenters. The molecule has 8 heteroatoms. The Bertz CT molecular complexity index is 641. The van der Waals surface area contributed by atoms with Gasteiger partial charge in [0.2, 0.25) is 0 Å². The maximum Gasteiger partial charge on any atom is 0.331 e. The molecule has 0 bridgehead atoms. The van der Waals surface area contributed by atoms with Crippen LogP contribution in [0.1, 0.15) is 23.6 Å². The highest BCUT2D eigenvalue weighted by Gasteiger charge is 2.12. The van der Waals surface area contributed by atoms with Gasteiger partial charge in [-0.15, -0.1) is 22.7 Å².